The quantitative estimate of drug-likeness (QED) is 0.233. The Balaban J connectivity index is 1.43. The first-order chi connectivity index (χ1) is 14.8. The number of nitrogens with zero attached hydrogens (tertiary/aromatic N) is 2. The van der Waals surface area contributed by atoms with Gasteiger partial charge in [0.15, 0.2) is 0 Å². The summed E-state index contributed by atoms with van der Waals surface area (Å²) in [5.41, 5.74) is 1.41. The number of hydrogen-bond acceptors (Lipinski definition) is 3. The summed E-state index contributed by atoms with van der Waals surface area (Å²) >= 11 is 0. The van der Waals surface area contributed by atoms with Crippen LogP contribution in [0.1, 0.15) is 96.0 Å². The van der Waals surface area contributed by atoms with E-state index in [1.54, 1.807) is 0 Å². The minimum atomic E-state index is 0.736. The molecule has 0 radical (unpaired) electrons. The molecule has 0 bridgehead atoms. The molecule has 0 saturated heterocycles. The summed E-state index contributed by atoms with van der Waals surface area (Å²) < 4.78 is 5.97. The number of unbranched alkanes of at least 4 members (excludes halogenated alkanes) is 12. The average Bonchev–Trinajstić information content (AvgIpc) is 3.17. The van der Waals surface area contributed by atoms with Crippen molar-refractivity contribution in [2.24, 2.45) is 0 Å². The topological polar surface area (TPSA) is 15.7 Å². The van der Waals surface area contributed by atoms with Crippen molar-refractivity contribution < 1.29 is 4.74 Å². The van der Waals surface area contributed by atoms with Crippen LogP contribution in [0.4, 0.5) is 0 Å². The zero-order valence-corrected chi connectivity index (χ0v) is 19.8. The molecule has 1 aromatic carbocycles. The second-order valence-corrected chi connectivity index (χ2v) is 9.00. The molecule has 2 rings (SSSR count). The smallest absolute Gasteiger partial charge is 0.119 e. The summed E-state index contributed by atoms with van der Waals surface area (Å²) in [6.45, 7) is 4.92. The molecule has 3 nitrogen and oxygen atoms in total. The Bertz CT molecular complexity index is 572. The van der Waals surface area contributed by atoms with E-state index in [4.69, 9.17) is 4.74 Å². The lowest BCUT2D eigenvalue weighted by atomic mass is 10.0. The Morgan fingerprint density at radius 3 is 2.03 bits per heavy atom. The Kier molecular flexibility index (Phi) is 13.2. The average molecular weight is 415 g/mol. The van der Waals surface area contributed by atoms with Gasteiger partial charge in [-0.25, -0.2) is 0 Å². The predicted octanol–water partition coefficient (Wildman–Crippen LogP) is 7.38. The molecule has 0 atom stereocenters. The molecule has 170 valence electrons. The maximum absolute atomic E-state index is 5.97. The number of rotatable bonds is 18. The van der Waals surface area contributed by atoms with Crippen molar-refractivity contribution in [3.8, 4) is 5.75 Å². The highest BCUT2D eigenvalue weighted by atomic mass is 16.5. The third-order valence-corrected chi connectivity index (χ3v) is 6.05. The normalized spacial score (nSPS) is 13.4. The Labute approximate surface area is 186 Å². The van der Waals surface area contributed by atoms with Gasteiger partial charge in [0.2, 0.25) is 0 Å². The summed E-state index contributed by atoms with van der Waals surface area (Å²) in [4.78, 5) is 4.45. The van der Waals surface area contributed by atoms with E-state index in [2.05, 4.69) is 60.4 Å². The predicted molar refractivity (Wildman–Crippen MR) is 130 cm³/mol. The maximum atomic E-state index is 5.97. The fourth-order valence-corrected chi connectivity index (χ4v) is 4.15. The van der Waals surface area contributed by atoms with Crippen LogP contribution in [-0.4, -0.2) is 36.7 Å². The van der Waals surface area contributed by atoms with Crippen molar-refractivity contribution in [1.29, 1.82) is 0 Å². The summed E-state index contributed by atoms with van der Waals surface area (Å²) in [6, 6.07) is 8.69. The highest BCUT2D eigenvalue weighted by Crippen LogP contribution is 2.17. The zero-order chi connectivity index (χ0) is 21.3. The van der Waals surface area contributed by atoms with Gasteiger partial charge in [-0.2, -0.15) is 0 Å². The van der Waals surface area contributed by atoms with Crippen molar-refractivity contribution >= 4 is 0 Å². The molecule has 1 aliphatic rings. The SMILES string of the molecule is CCCCCCCCCCCCCCCc1cccc(OCCN2C=CN(C)C2)c1. The van der Waals surface area contributed by atoms with Crippen LogP contribution < -0.4 is 4.74 Å². The van der Waals surface area contributed by atoms with Crippen LogP contribution in [0.15, 0.2) is 36.7 Å². The Hall–Kier alpha value is -1.64. The number of aryl methyl sites for hydroxylation is 1. The summed E-state index contributed by atoms with van der Waals surface area (Å²) in [5, 5.41) is 0. The third kappa shape index (κ3) is 11.5. The van der Waals surface area contributed by atoms with Crippen LogP contribution in [0.25, 0.3) is 0 Å². The van der Waals surface area contributed by atoms with Crippen LogP contribution in [0, 0.1) is 0 Å². The van der Waals surface area contributed by atoms with Crippen molar-refractivity contribution in [1.82, 2.24) is 9.80 Å². The molecular weight excluding hydrogens is 368 g/mol. The van der Waals surface area contributed by atoms with Crippen molar-refractivity contribution in [2.75, 3.05) is 26.9 Å². The molecular formula is C27H46N2O. The maximum Gasteiger partial charge on any atom is 0.119 e. The molecule has 1 heterocycles. The van der Waals surface area contributed by atoms with Crippen LogP contribution in [0.5, 0.6) is 5.75 Å². The summed E-state index contributed by atoms with van der Waals surface area (Å²) in [5.74, 6) is 1.01. The number of ether oxygens (including phenoxy) is 1. The second-order valence-electron chi connectivity index (χ2n) is 9.00. The van der Waals surface area contributed by atoms with Gasteiger partial charge in [-0.15, -0.1) is 0 Å². The van der Waals surface area contributed by atoms with Crippen LogP contribution in [0.2, 0.25) is 0 Å². The second kappa shape index (κ2) is 16.1. The molecule has 30 heavy (non-hydrogen) atoms. The minimum Gasteiger partial charge on any atom is -0.492 e. The van der Waals surface area contributed by atoms with Crippen molar-refractivity contribution in [3.05, 3.63) is 42.2 Å². The molecule has 0 saturated carbocycles. The van der Waals surface area contributed by atoms with E-state index >= 15 is 0 Å². The largest absolute Gasteiger partial charge is 0.492 e. The van der Waals surface area contributed by atoms with Gasteiger partial charge >= 0.3 is 0 Å². The van der Waals surface area contributed by atoms with E-state index in [1.165, 1.54) is 95.5 Å². The lowest BCUT2D eigenvalue weighted by Gasteiger charge is -2.18. The van der Waals surface area contributed by atoms with Crippen LogP contribution in [-0.2, 0) is 6.42 Å². The molecule has 0 aromatic heterocycles. The highest BCUT2D eigenvalue weighted by Gasteiger charge is 2.07. The first-order valence-corrected chi connectivity index (χ1v) is 12.6. The van der Waals surface area contributed by atoms with E-state index in [0.29, 0.717) is 0 Å². The van der Waals surface area contributed by atoms with Crippen molar-refractivity contribution in [3.63, 3.8) is 0 Å². The molecule has 0 amide bonds. The Morgan fingerprint density at radius 1 is 0.800 bits per heavy atom. The number of benzene rings is 1. The van der Waals surface area contributed by atoms with Gasteiger partial charge in [-0.1, -0.05) is 96.1 Å². The van der Waals surface area contributed by atoms with Gasteiger partial charge in [-0.05, 0) is 30.5 Å². The van der Waals surface area contributed by atoms with Gasteiger partial charge in [0.05, 0.1) is 13.2 Å². The highest BCUT2D eigenvalue weighted by molar-refractivity contribution is 5.28. The molecule has 0 aliphatic carbocycles. The Morgan fingerprint density at radius 2 is 1.43 bits per heavy atom. The third-order valence-electron chi connectivity index (χ3n) is 6.05. The minimum absolute atomic E-state index is 0.736. The van der Waals surface area contributed by atoms with Crippen LogP contribution in [0.3, 0.4) is 0 Å². The number of hydrogen-bond donors (Lipinski definition) is 0. The summed E-state index contributed by atoms with van der Waals surface area (Å²) in [6.07, 6.45) is 23.8. The lowest BCUT2D eigenvalue weighted by molar-refractivity contribution is 0.230. The molecule has 0 spiro atoms. The molecule has 1 aromatic rings. The summed E-state index contributed by atoms with van der Waals surface area (Å²) in [7, 11) is 2.09. The van der Waals surface area contributed by atoms with Gasteiger partial charge in [0.25, 0.3) is 0 Å². The van der Waals surface area contributed by atoms with E-state index in [0.717, 1.165) is 25.6 Å². The first kappa shape index (κ1) is 24.6. The lowest BCUT2D eigenvalue weighted by Crippen LogP contribution is -2.26. The van der Waals surface area contributed by atoms with E-state index in [1.807, 2.05) is 0 Å². The fraction of sp³-hybridized carbons (Fsp3) is 0.704. The zero-order valence-electron chi connectivity index (χ0n) is 19.8. The monoisotopic (exact) mass is 414 g/mol. The molecule has 0 unspecified atom stereocenters. The molecule has 0 fully saturated rings. The fourth-order valence-electron chi connectivity index (χ4n) is 4.15. The van der Waals surface area contributed by atoms with Gasteiger partial charge in [0.1, 0.15) is 12.4 Å². The van der Waals surface area contributed by atoms with Gasteiger partial charge < -0.3 is 14.5 Å². The first-order valence-electron chi connectivity index (χ1n) is 12.6. The van der Waals surface area contributed by atoms with Gasteiger partial charge in [0, 0.05) is 19.4 Å². The molecule has 1 aliphatic heterocycles. The standard InChI is InChI=1S/C27H46N2O/c1-3-4-5-6-7-8-9-10-11-12-13-14-15-17-26-18-16-19-27(24-26)30-23-22-29-21-20-28(2)25-29/h16,18-21,24H,3-15,17,22-23,25H2,1-2H3. The van der Waals surface area contributed by atoms with E-state index < -0.39 is 0 Å². The van der Waals surface area contributed by atoms with Crippen LogP contribution >= 0.6 is 0 Å². The van der Waals surface area contributed by atoms with E-state index in [-0.39, 0.29) is 0 Å². The van der Waals surface area contributed by atoms with Crippen molar-refractivity contribution in [2.45, 2.75) is 96.8 Å². The molecule has 0 N–H and O–H groups in total. The van der Waals surface area contributed by atoms with Gasteiger partial charge in [-0.3, -0.25) is 0 Å². The molecule has 3 heteroatoms. The van der Waals surface area contributed by atoms with E-state index in [9.17, 15) is 0 Å².